The van der Waals surface area contributed by atoms with Gasteiger partial charge in [0.2, 0.25) is 0 Å². The SMILES string of the molecule is CC(Nc1c(F)ccc(OCC(=O)O)c1F)c1cc(-c2ccc(-c3cccc(F)c3)cc2)ccc1F. The molecule has 0 radical (unpaired) electrons. The second-order valence-corrected chi connectivity index (χ2v) is 8.11. The van der Waals surface area contributed by atoms with Crippen LogP contribution in [0, 0.1) is 23.3 Å². The van der Waals surface area contributed by atoms with E-state index in [2.05, 4.69) is 5.32 Å². The van der Waals surface area contributed by atoms with Crippen molar-refractivity contribution in [3.63, 3.8) is 0 Å². The van der Waals surface area contributed by atoms with Crippen molar-refractivity contribution in [1.29, 1.82) is 0 Å². The van der Waals surface area contributed by atoms with Crippen molar-refractivity contribution in [2.24, 2.45) is 0 Å². The Bertz CT molecular complexity index is 1410. The summed E-state index contributed by atoms with van der Waals surface area (Å²) in [7, 11) is 0. The lowest BCUT2D eigenvalue weighted by Gasteiger charge is -2.19. The Labute approximate surface area is 204 Å². The third kappa shape index (κ3) is 5.49. The molecular formula is C28H21F4NO3. The molecule has 2 N–H and O–H groups in total. The van der Waals surface area contributed by atoms with E-state index in [1.165, 1.54) is 18.2 Å². The zero-order valence-corrected chi connectivity index (χ0v) is 19.1. The molecule has 1 atom stereocenters. The first-order valence-electron chi connectivity index (χ1n) is 11.0. The molecule has 0 bridgehead atoms. The lowest BCUT2D eigenvalue weighted by Crippen LogP contribution is -2.14. The van der Waals surface area contributed by atoms with Crippen molar-refractivity contribution in [2.45, 2.75) is 13.0 Å². The second-order valence-electron chi connectivity index (χ2n) is 8.11. The van der Waals surface area contributed by atoms with Gasteiger partial charge in [-0.3, -0.25) is 0 Å². The van der Waals surface area contributed by atoms with Gasteiger partial charge in [0, 0.05) is 5.56 Å². The Morgan fingerprint density at radius 3 is 2.08 bits per heavy atom. The summed E-state index contributed by atoms with van der Waals surface area (Å²) in [6.45, 7) is 0.741. The first-order chi connectivity index (χ1) is 17.2. The van der Waals surface area contributed by atoms with E-state index in [1.807, 2.05) is 24.3 Å². The number of benzene rings is 4. The number of anilines is 1. The van der Waals surface area contributed by atoms with Gasteiger partial charge >= 0.3 is 5.97 Å². The Balaban J connectivity index is 1.59. The smallest absolute Gasteiger partial charge is 0.341 e. The molecule has 4 nitrogen and oxygen atoms in total. The van der Waals surface area contributed by atoms with Gasteiger partial charge in [0.25, 0.3) is 0 Å². The molecular weight excluding hydrogens is 474 g/mol. The maximum absolute atomic E-state index is 14.8. The lowest BCUT2D eigenvalue weighted by molar-refractivity contribution is -0.139. The summed E-state index contributed by atoms with van der Waals surface area (Å²) in [6, 6.07) is 19.0. The number of rotatable bonds is 8. The molecule has 0 aromatic heterocycles. The van der Waals surface area contributed by atoms with Crippen LogP contribution in [0.5, 0.6) is 5.75 Å². The van der Waals surface area contributed by atoms with Crippen LogP contribution < -0.4 is 10.1 Å². The average molecular weight is 495 g/mol. The Morgan fingerprint density at radius 2 is 1.44 bits per heavy atom. The van der Waals surface area contributed by atoms with Crippen LogP contribution in [0.2, 0.25) is 0 Å². The number of hydrogen-bond donors (Lipinski definition) is 2. The van der Waals surface area contributed by atoms with Crippen LogP contribution >= 0.6 is 0 Å². The topological polar surface area (TPSA) is 58.6 Å². The van der Waals surface area contributed by atoms with E-state index in [4.69, 9.17) is 9.84 Å². The predicted molar refractivity (Wildman–Crippen MR) is 129 cm³/mol. The number of carboxylic acid groups (broad SMARTS) is 1. The van der Waals surface area contributed by atoms with Gasteiger partial charge in [-0.15, -0.1) is 0 Å². The molecule has 184 valence electrons. The summed E-state index contributed by atoms with van der Waals surface area (Å²) in [5.41, 5.74) is 2.58. The predicted octanol–water partition coefficient (Wildman–Crippen LogP) is 7.21. The Morgan fingerprint density at radius 1 is 0.833 bits per heavy atom. The molecule has 0 amide bonds. The van der Waals surface area contributed by atoms with Gasteiger partial charge in [-0.2, -0.15) is 0 Å². The van der Waals surface area contributed by atoms with Gasteiger partial charge in [-0.1, -0.05) is 42.5 Å². The van der Waals surface area contributed by atoms with Crippen molar-refractivity contribution in [3.8, 4) is 28.0 Å². The van der Waals surface area contributed by atoms with E-state index in [-0.39, 0.29) is 11.4 Å². The Hall–Kier alpha value is -4.33. The monoisotopic (exact) mass is 495 g/mol. The van der Waals surface area contributed by atoms with E-state index in [0.717, 1.165) is 28.8 Å². The second kappa shape index (κ2) is 10.5. The zero-order chi connectivity index (χ0) is 25.8. The third-order valence-electron chi connectivity index (χ3n) is 5.61. The summed E-state index contributed by atoms with van der Waals surface area (Å²) < 4.78 is 62.2. The molecule has 0 fully saturated rings. The van der Waals surface area contributed by atoms with Crippen molar-refractivity contribution in [3.05, 3.63) is 108 Å². The largest absolute Gasteiger partial charge is 0.479 e. The van der Waals surface area contributed by atoms with Crippen molar-refractivity contribution >= 4 is 11.7 Å². The van der Waals surface area contributed by atoms with Gasteiger partial charge in [-0.25, -0.2) is 22.4 Å². The summed E-state index contributed by atoms with van der Waals surface area (Å²) in [4.78, 5) is 10.7. The quantitative estimate of drug-likeness (QED) is 0.254. The summed E-state index contributed by atoms with van der Waals surface area (Å²) in [5, 5.41) is 11.3. The fourth-order valence-corrected chi connectivity index (χ4v) is 3.79. The van der Waals surface area contributed by atoms with Crippen molar-refractivity contribution < 1.29 is 32.2 Å². The molecule has 1 unspecified atom stereocenters. The molecule has 0 saturated carbocycles. The van der Waals surface area contributed by atoms with E-state index in [9.17, 15) is 22.4 Å². The van der Waals surface area contributed by atoms with Gasteiger partial charge in [0.05, 0.1) is 6.04 Å². The van der Waals surface area contributed by atoms with Crippen LogP contribution in [0.3, 0.4) is 0 Å². The van der Waals surface area contributed by atoms with Gasteiger partial charge < -0.3 is 15.2 Å². The van der Waals surface area contributed by atoms with Crippen LogP contribution in [0.15, 0.2) is 78.9 Å². The summed E-state index contributed by atoms with van der Waals surface area (Å²) in [5.74, 6) is -4.73. The molecule has 36 heavy (non-hydrogen) atoms. The summed E-state index contributed by atoms with van der Waals surface area (Å²) >= 11 is 0. The highest BCUT2D eigenvalue weighted by Crippen LogP contribution is 2.33. The highest BCUT2D eigenvalue weighted by Gasteiger charge is 2.20. The van der Waals surface area contributed by atoms with E-state index < -0.39 is 47.5 Å². The number of ether oxygens (including phenoxy) is 1. The highest BCUT2D eigenvalue weighted by atomic mass is 19.1. The average Bonchev–Trinajstić information content (AvgIpc) is 2.86. The molecule has 0 spiro atoms. The minimum Gasteiger partial charge on any atom is -0.479 e. The van der Waals surface area contributed by atoms with Gasteiger partial charge in [0.1, 0.15) is 23.1 Å². The van der Waals surface area contributed by atoms with Crippen molar-refractivity contribution in [2.75, 3.05) is 11.9 Å². The number of halogens is 4. The first kappa shape index (κ1) is 24.8. The number of carbonyl (C=O) groups is 1. The molecule has 4 rings (SSSR count). The number of nitrogens with one attached hydrogen (secondary N) is 1. The van der Waals surface area contributed by atoms with Crippen LogP contribution in [0.4, 0.5) is 23.2 Å². The van der Waals surface area contributed by atoms with E-state index in [1.54, 1.807) is 31.2 Å². The number of hydrogen-bond acceptors (Lipinski definition) is 3. The molecule has 4 aromatic carbocycles. The molecule has 0 aliphatic heterocycles. The van der Waals surface area contributed by atoms with Gasteiger partial charge in [-0.05, 0) is 65.6 Å². The lowest BCUT2D eigenvalue weighted by atomic mass is 9.97. The maximum atomic E-state index is 14.8. The summed E-state index contributed by atoms with van der Waals surface area (Å²) in [6.07, 6.45) is 0. The first-order valence-corrected chi connectivity index (χ1v) is 11.0. The van der Waals surface area contributed by atoms with E-state index >= 15 is 0 Å². The van der Waals surface area contributed by atoms with E-state index in [0.29, 0.717) is 5.56 Å². The third-order valence-corrected chi connectivity index (χ3v) is 5.61. The fraction of sp³-hybridized carbons (Fsp3) is 0.107. The van der Waals surface area contributed by atoms with Crippen LogP contribution in [-0.2, 0) is 4.79 Å². The Kier molecular flexibility index (Phi) is 7.24. The molecule has 8 heteroatoms. The minimum atomic E-state index is -1.32. The van der Waals surface area contributed by atoms with Gasteiger partial charge in [0.15, 0.2) is 18.2 Å². The molecule has 0 aliphatic carbocycles. The number of carboxylic acids is 1. The van der Waals surface area contributed by atoms with Crippen LogP contribution in [-0.4, -0.2) is 17.7 Å². The molecule has 0 saturated heterocycles. The number of aliphatic carboxylic acids is 1. The van der Waals surface area contributed by atoms with Crippen molar-refractivity contribution in [1.82, 2.24) is 0 Å². The standard InChI is InChI=1S/C28H21F4NO3/c1-16(33-28-24(31)11-12-25(27(28)32)36-15-26(34)35)22-14-20(9-10-23(22)30)18-7-5-17(6-8-18)19-3-2-4-21(29)13-19/h2-14,16,33H,15H2,1H3,(H,34,35). The normalized spacial score (nSPS) is 11.7. The zero-order valence-electron chi connectivity index (χ0n) is 19.1. The maximum Gasteiger partial charge on any atom is 0.341 e. The molecule has 4 aromatic rings. The molecule has 0 heterocycles. The molecule has 0 aliphatic rings. The minimum absolute atomic E-state index is 0.164. The van der Waals surface area contributed by atoms with Crippen LogP contribution in [0.1, 0.15) is 18.5 Å². The highest BCUT2D eigenvalue weighted by molar-refractivity contribution is 5.71. The van der Waals surface area contributed by atoms with Crippen LogP contribution in [0.25, 0.3) is 22.3 Å². The fourth-order valence-electron chi connectivity index (χ4n) is 3.79.